The topological polar surface area (TPSA) is 91.6 Å². The fraction of sp³-hybridized carbons (Fsp3) is 0.316. The molecular formula is C19H20ClN3O4. The summed E-state index contributed by atoms with van der Waals surface area (Å²) in [6.07, 6.45) is 0.864. The van der Waals surface area contributed by atoms with Crippen molar-refractivity contribution in [1.82, 2.24) is 14.8 Å². The van der Waals surface area contributed by atoms with Crippen molar-refractivity contribution in [2.75, 3.05) is 20.1 Å². The van der Waals surface area contributed by atoms with Crippen molar-refractivity contribution in [3.63, 3.8) is 0 Å². The number of hydrogen-bond acceptors (Lipinski definition) is 4. The van der Waals surface area contributed by atoms with Gasteiger partial charge in [-0.3, -0.25) is 19.0 Å². The number of carbonyl (C=O) groups is 2. The van der Waals surface area contributed by atoms with E-state index in [1.807, 2.05) is 0 Å². The van der Waals surface area contributed by atoms with Crippen LogP contribution >= 0.6 is 11.6 Å². The highest BCUT2D eigenvalue weighted by atomic mass is 35.5. The number of aliphatic hydroxyl groups is 1. The molecular weight excluding hydrogens is 370 g/mol. The van der Waals surface area contributed by atoms with E-state index in [1.54, 1.807) is 24.3 Å². The monoisotopic (exact) mass is 389 g/mol. The first kappa shape index (κ1) is 19.1. The van der Waals surface area contributed by atoms with E-state index in [-0.39, 0.29) is 42.8 Å². The molecule has 0 spiro atoms. The Balaban J connectivity index is 1.83. The maximum atomic E-state index is 12.8. The molecule has 27 heavy (non-hydrogen) atoms. The van der Waals surface area contributed by atoms with Crippen molar-refractivity contribution in [2.24, 2.45) is 5.92 Å². The zero-order valence-electron chi connectivity index (χ0n) is 14.8. The molecule has 0 saturated carbocycles. The Hall–Kier alpha value is -2.64. The Labute approximate surface area is 161 Å². The molecule has 2 aromatic rings. The standard InChI is InChI=1S/C19H20ClN3O4/c1-21-17(25)7-13-9-22(11-16(13)24)19(27)12-5-6-18(26)23(10-12)15-4-2-3-14(20)8-15/h2-6,8,10,13,16,24H,7,9,11H2,1H3,(H,21,25)/t13-,16-/m1/s1. The summed E-state index contributed by atoms with van der Waals surface area (Å²) in [5, 5.41) is 13.2. The van der Waals surface area contributed by atoms with Gasteiger partial charge in [0.15, 0.2) is 0 Å². The summed E-state index contributed by atoms with van der Waals surface area (Å²) in [5.41, 5.74) is 0.594. The van der Waals surface area contributed by atoms with Gasteiger partial charge in [0.2, 0.25) is 5.91 Å². The van der Waals surface area contributed by atoms with Crippen LogP contribution in [0.25, 0.3) is 5.69 Å². The third kappa shape index (κ3) is 4.20. The molecule has 3 rings (SSSR count). The number of aromatic nitrogens is 1. The van der Waals surface area contributed by atoms with E-state index in [9.17, 15) is 19.5 Å². The van der Waals surface area contributed by atoms with Crippen molar-refractivity contribution >= 4 is 23.4 Å². The number of nitrogens with one attached hydrogen (secondary N) is 1. The van der Waals surface area contributed by atoms with Crippen LogP contribution in [0, 0.1) is 5.92 Å². The number of nitrogens with zero attached hydrogens (tertiary/aromatic N) is 2. The van der Waals surface area contributed by atoms with Gasteiger partial charge in [0, 0.05) is 49.8 Å². The van der Waals surface area contributed by atoms with Crippen molar-refractivity contribution in [3.8, 4) is 5.69 Å². The van der Waals surface area contributed by atoms with Crippen LogP contribution in [-0.4, -0.2) is 52.6 Å². The summed E-state index contributed by atoms with van der Waals surface area (Å²) in [7, 11) is 1.53. The van der Waals surface area contributed by atoms with Gasteiger partial charge >= 0.3 is 0 Å². The minimum atomic E-state index is -0.759. The van der Waals surface area contributed by atoms with E-state index in [2.05, 4.69) is 5.32 Å². The number of rotatable bonds is 4. The molecule has 0 bridgehead atoms. The molecule has 7 nitrogen and oxygen atoms in total. The van der Waals surface area contributed by atoms with E-state index in [1.165, 1.54) is 34.8 Å². The minimum absolute atomic E-state index is 0.150. The molecule has 142 valence electrons. The molecule has 8 heteroatoms. The first-order valence-electron chi connectivity index (χ1n) is 8.55. The predicted molar refractivity (Wildman–Crippen MR) is 101 cm³/mol. The third-order valence-electron chi connectivity index (χ3n) is 4.66. The van der Waals surface area contributed by atoms with Gasteiger partial charge in [0.05, 0.1) is 17.4 Å². The number of likely N-dealkylation sites (tertiary alicyclic amines) is 1. The zero-order chi connectivity index (χ0) is 19.6. The summed E-state index contributed by atoms with van der Waals surface area (Å²) in [4.78, 5) is 38.1. The van der Waals surface area contributed by atoms with Crippen LogP contribution < -0.4 is 10.9 Å². The maximum Gasteiger partial charge on any atom is 0.255 e. The van der Waals surface area contributed by atoms with Crippen LogP contribution in [0.4, 0.5) is 0 Å². The number of amides is 2. The number of β-amino-alcohol motifs (C(OH)–C–C–N with tert-alkyl or cyclic N) is 1. The average Bonchev–Trinajstić information content (AvgIpc) is 3.02. The summed E-state index contributed by atoms with van der Waals surface area (Å²) >= 11 is 5.99. The number of benzene rings is 1. The Morgan fingerprint density at radius 3 is 2.74 bits per heavy atom. The summed E-state index contributed by atoms with van der Waals surface area (Å²) < 4.78 is 1.35. The van der Waals surface area contributed by atoms with Crippen molar-refractivity contribution < 1.29 is 14.7 Å². The van der Waals surface area contributed by atoms with Crippen LogP contribution in [0.2, 0.25) is 5.02 Å². The van der Waals surface area contributed by atoms with Crippen LogP contribution in [0.15, 0.2) is 47.4 Å². The van der Waals surface area contributed by atoms with Crippen LogP contribution in [0.5, 0.6) is 0 Å². The molecule has 1 aromatic carbocycles. The fourth-order valence-electron chi connectivity index (χ4n) is 3.18. The fourth-order valence-corrected chi connectivity index (χ4v) is 3.37. The number of aliphatic hydroxyl groups excluding tert-OH is 1. The predicted octanol–water partition coefficient (Wildman–Crippen LogP) is 1.06. The quantitative estimate of drug-likeness (QED) is 0.818. The second kappa shape index (κ2) is 7.94. The molecule has 0 unspecified atom stereocenters. The van der Waals surface area contributed by atoms with E-state index in [0.717, 1.165) is 0 Å². The lowest BCUT2D eigenvalue weighted by molar-refractivity contribution is -0.122. The van der Waals surface area contributed by atoms with Crippen LogP contribution in [0.1, 0.15) is 16.8 Å². The molecule has 2 heterocycles. The lowest BCUT2D eigenvalue weighted by atomic mass is 10.0. The molecule has 1 aliphatic rings. The third-order valence-corrected chi connectivity index (χ3v) is 4.90. The van der Waals surface area contributed by atoms with E-state index in [0.29, 0.717) is 16.3 Å². The van der Waals surface area contributed by atoms with Crippen molar-refractivity contribution in [1.29, 1.82) is 0 Å². The first-order chi connectivity index (χ1) is 12.9. The molecule has 2 atom stereocenters. The number of halogens is 1. The SMILES string of the molecule is CNC(=O)C[C@@H]1CN(C(=O)c2ccc(=O)n(-c3cccc(Cl)c3)c2)C[C@H]1O. The normalized spacial score (nSPS) is 19.1. The molecule has 0 aliphatic carbocycles. The van der Waals surface area contributed by atoms with Gasteiger partial charge in [0.25, 0.3) is 11.5 Å². The summed E-state index contributed by atoms with van der Waals surface area (Å²) in [5.74, 6) is -0.792. The van der Waals surface area contributed by atoms with E-state index < -0.39 is 6.10 Å². The van der Waals surface area contributed by atoms with Crippen LogP contribution in [0.3, 0.4) is 0 Å². The molecule has 1 saturated heterocycles. The van der Waals surface area contributed by atoms with E-state index >= 15 is 0 Å². The Bertz CT molecular complexity index is 927. The van der Waals surface area contributed by atoms with Crippen LogP contribution in [-0.2, 0) is 4.79 Å². The van der Waals surface area contributed by atoms with E-state index in [4.69, 9.17) is 11.6 Å². The van der Waals surface area contributed by atoms with Gasteiger partial charge in [-0.1, -0.05) is 17.7 Å². The Kier molecular flexibility index (Phi) is 5.62. The highest BCUT2D eigenvalue weighted by Gasteiger charge is 2.35. The van der Waals surface area contributed by atoms with Gasteiger partial charge in [-0.2, -0.15) is 0 Å². The van der Waals surface area contributed by atoms with Gasteiger partial charge < -0.3 is 15.3 Å². The highest BCUT2D eigenvalue weighted by Crippen LogP contribution is 2.22. The second-order valence-electron chi connectivity index (χ2n) is 6.52. The molecule has 2 amide bonds. The number of carbonyl (C=O) groups excluding carboxylic acids is 2. The number of hydrogen-bond donors (Lipinski definition) is 2. The Morgan fingerprint density at radius 2 is 2.04 bits per heavy atom. The number of pyridine rings is 1. The zero-order valence-corrected chi connectivity index (χ0v) is 15.5. The van der Waals surface area contributed by atoms with Gasteiger partial charge in [0.1, 0.15) is 0 Å². The Morgan fingerprint density at radius 1 is 1.26 bits per heavy atom. The minimum Gasteiger partial charge on any atom is -0.391 e. The first-order valence-corrected chi connectivity index (χ1v) is 8.93. The van der Waals surface area contributed by atoms with Gasteiger partial charge in [-0.05, 0) is 24.3 Å². The average molecular weight is 390 g/mol. The molecule has 0 radical (unpaired) electrons. The largest absolute Gasteiger partial charge is 0.391 e. The van der Waals surface area contributed by atoms with Crippen molar-refractivity contribution in [2.45, 2.75) is 12.5 Å². The smallest absolute Gasteiger partial charge is 0.255 e. The summed E-state index contributed by atoms with van der Waals surface area (Å²) in [6, 6.07) is 9.56. The highest BCUT2D eigenvalue weighted by molar-refractivity contribution is 6.30. The molecule has 1 aromatic heterocycles. The van der Waals surface area contributed by atoms with Crippen molar-refractivity contribution in [3.05, 3.63) is 63.5 Å². The van der Waals surface area contributed by atoms with Gasteiger partial charge in [-0.15, -0.1) is 0 Å². The maximum absolute atomic E-state index is 12.8. The molecule has 1 fully saturated rings. The molecule has 2 N–H and O–H groups in total. The second-order valence-corrected chi connectivity index (χ2v) is 6.96. The summed E-state index contributed by atoms with van der Waals surface area (Å²) in [6.45, 7) is 0.431. The lowest BCUT2D eigenvalue weighted by Crippen LogP contribution is -2.31. The molecule has 1 aliphatic heterocycles. The van der Waals surface area contributed by atoms with Gasteiger partial charge in [-0.25, -0.2) is 0 Å². The lowest BCUT2D eigenvalue weighted by Gasteiger charge is -2.17.